The van der Waals surface area contributed by atoms with Crippen LogP contribution in [0.1, 0.15) is 13.8 Å². The molecule has 56 valence electrons. The Morgan fingerprint density at radius 1 is 1.70 bits per heavy atom. The van der Waals surface area contributed by atoms with E-state index in [0.717, 1.165) is 0 Å². The van der Waals surface area contributed by atoms with Gasteiger partial charge in [-0.2, -0.15) is 0 Å². The first-order valence-electron chi connectivity index (χ1n) is 3.32. The van der Waals surface area contributed by atoms with Gasteiger partial charge in [-0.15, -0.1) is 0 Å². The number of rotatable bonds is 0. The second-order valence-corrected chi connectivity index (χ2v) is 2.84. The Kier molecular flexibility index (Phi) is 1.65. The van der Waals surface area contributed by atoms with Gasteiger partial charge in [-0.1, -0.05) is 19.1 Å². The van der Waals surface area contributed by atoms with Crippen molar-refractivity contribution >= 4 is 0 Å². The fraction of sp³-hybridized carbons (Fsp3) is 0.500. The molecule has 0 heterocycles. The summed E-state index contributed by atoms with van der Waals surface area (Å²) in [6.45, 7) is 3.26. The minimum Gasteiger partial charge on any atom is -0.382 e. The van der Waals surface area contributed by atoms with Crippen LogP contribution in [0.4, 0.5) is 4.39 Å². The number of hydrogen-bond acceptors (Lipinski definition) is 1. The van der Waals surface area contributed by atoms with Crippen molar-refractivity contribution in [3.63, 3.8) is 0 Å². The van der Waals surface area contributed by atoms with Crippen molar-refractivity contribution in [2.24, 2.45) is 5.92 Å². The van der Waals surface area contributed by atoms with Crippen LogP contribution in [0.3, 0.4) is 0 Å². The van der Waals surface area contributed by atoms with Gasteiger partial charge < -0.3 is 5.11 Å². The average Bonchev–Trinajstić information content (AvgIpc) is 1.84. The van der Waals surface area contributed by atoms with E-state index in [1.54, 1.807) is 19.1 Å². The lowest BCUT2D eigenvalue weighted by molar-refractivity contribution is 0.0378. The molecular formula is C8H11FO. The third kappa shape index (κ3) is 0.991. The minimum absolute atomic E-state index is 0.141. The summed E-state index contributed by atoms with van der Waals surface area (Å²) in [7, 11) is 0. The molecule has 1 aliphatic carbocycles. The molecule has 0 radical (unpaired) electrons. The Morgan fingerprint density at radius 2 is 2.30 bits per heavy atom. The van der Waals surface area contributed by atoms with Gasteiger partial charge in [0.05, 0.1) is 0 Å². The van der Waals surface area contributed by atoms with Gasteiger partial charge in [0.25, 0.3) is 0 Å². The van der Waals surface area contributed by atoms with Gasteiger partial charge in [-0.25, -0.2) is 4.39 Å². The molecule has 0 saturated carbocycles. The Balaban J connectivity index is 2.93. The smallest absolute Gasteiger partial charge is 0.132 e. The molecule has 0 aliphatic heterocycles. The summed E-state index contributed by atoms with van der Waals surface area (Å²) < 4.78 is 12.8. The highest BCUT2D eigenvalue weighted by Gasteiger charge is 2.32. The number of halogens is 1. The molecule has 2 heteroatoms. The van der Waals surface area contributed by atoms with Crippen LogP contribution in [0.25, 0.3) is 0 Å². The van der Waals surface area contributed by atoms with Gasteiger partial charge in [-0.05, 0) is 13.0 Å². The van der Waals surface area contributed by atoms with Crippen molar-refractivity contribution in [1.82, 2.24) is 0 Å². The fourth-order valence-corrected chi connectivity index (χ4v) is 0.880. The third-order valence-electron chi connectivity index (χ3n) is 2.01. The average molecular weight is 142 g/mol. The molecule has 0 aromatic rings. The SMILES string of the molecule is CC1C=CC=C(F)C1(C)O. The third-order valence-corrected chi connectivity index (χ3v) is 2.01. The molecule has 10 heavy (non-hydrogen) atoms. The maximum absolute atomic E-state index is 12.8. The van der Waals surface area contributed by atoms with Crippen LogP contribution in [-0.2, 0) is 0 Å². The second-order valence-electron chi connectivity index (χ2n) is 2.84. The Labute approximate surface area is 59.9 Å². The van der Waals surface area contributed by atoms with E-state index >= 15 is 0 Å². The predicted molar refractivity (Wildman–Crippen MR) is 38.1 cm³/mol. The van der Waals surface area contributed by atoms with E-state index in [1.807, 2.05) is 0 Å². The van der Waals surface area contributed by atoms with Crippen LogP contribution >= 0.6 is 0 Å². The van der Waals surface area contributed by atoms with Crippen LogP contribution in [0.5, 0.6) is 0 Å². The summed E-state index contributed by atoms with van der Waals surface area (Å²) in [6, 6.07) is 0. The van der Waals surface area contributed by atoms with E-state index < -0.39 is 11.4 Å². The van der Waals surface area contributed by atoms with E-state index in [1.165, 1.54) is 13.0 Å². The van der Waals surface area contributed by atoms with Gasteiger partial charge in [0, 0.05) is 5.92 Å². The van der Waals surface area contributed by atoms with Crippen LogP contribution < -0.4 is 0 Å². The zero-order valence-corrected chi connectivity index (χ0v) is 6.13. The summed E-state index contributed by atoms with van der Waals surface area (Å²) in [5.41, 5.74) is -1.30. The topological polar surface area (TPSA) is 20.2 Å². The molecule has 0 amide bonds. The highest BCUT2D eigenvalue weighted by molar-refractivity contribution is 5.24. The number of hydrogen-bond donors (Lipinski definition) is 1. The lowest BCUT2D eigenvalue weighted by atomic mass is 9.86. The van der Waals surface area contributed by atoms with Gasteiger partial charge in [0.15, 0.2) is 0 Å². The molecule has 0 aromatic heterocycles. The first kappa shape index (κ1) is 7.48. The van der Waals surface area contributed by atoms with Crippen molar-refractivity contribution in [2.75, 3.05) is 0 Å². The summed E-state index contributed by atoms with van der Waals surface area (Å²) in [4.78, 5) is 0. The quantitative estimate of drug-likeness (QED) is 0.546. The van der Waals surface area contributed by atoms with Gasteiger partial charge in [-0.3, -0.25) is 0 Å². The monoisotopic (exact) mass is 142 g/mol. The largest absolute Gasteiger partial charge is 0.382 e. The Morgan fingerprint density at radius 3 is 2.70 bits per heavy atom. The predicted octanol–water partition coefficient (Wildman–Crippen LogP) is 1.80. The standard InChI is InChI=1S/C8H11FO/c1-6-4-3-5-7(9)8(6,2)10/h3-6,10H,1-2H3. The van der Waals surface area contributed by atoms with E-state index in [2.05, 4.69) is 0 Å². The van der Waals surface area contributed by atoms with Crippen LogP contribution in [0.15, 0.2) is 24.1 Å². The van der Waals surface area contributed by atoms with Gasteiger partial charge >= 0.3 is 0 Å². The molecule has 1 N–H and O–H groups in total. The first-order valence-corrected chi connectivity index (χ1v) is 3.32. The number of allylic oxidation sites excluding steroid dienone is 2. The normalized spacial score (nSPS) is 39.6. The molecule has 2 atom stereocenters. The van der Waals surface area contributed by atoms with E-state index in [0.29, 0.717) is 0 Å². The Hall–Kier alpha value is -0.630. The first-order chi connectivity index (χ1) is 4.55. The summed E-state index contributed by atoms with van der Waals surface area (Å²) in [5.74, 6) is -0.597. The minimum atomic E-state index is -1.30. The molecule has 0 fully saturated rings. The molecule has 2 unspecified atom stereocenters. The van der Waals surface area contributed by atoms with Crippen molar-refractivity contribution in [3.05, 3.63) is 24.1 Å². The fourth-order valence-electron chi connectivity index (χ4n) is 0.880. The van der Waals surface area contributed by atoms with Crippen molar-refractivity contribution in [3.8, 4) is 0 Å². The van der Waals surface area contributed by atoms with Crippen LogP contribution in [-0.4, -0.2) is 10.7 Å². The van der Waals surface area contributed by atoms with Crippen molar-refractivity contribution in [1.29, 1.82) is 0 Å². The van der Waals surface area contributed by atoms with Crippen molar-refractivity contribution in [2.45, 2.75) is 19.4 Å². The molecule has 1 rings (SSSR count). The molecular weight excluding hydrogens is 131 g/mol. The zero-order valence-electron chi connectivity index (χ0n) is 6.13. The highest BCUT2D eigenvalue weighted by atomic mass is 19.1. The number of aliphatic hydroxyl groups is 1. The maximum Gasteiger partial charge on any atom is 0.132 e. The second kappa shape index (κ2) is 2.20. The van der Waals surface area contributed by atoms with Gasteiger partial charge in [0.2, 0.25) is 0 Å². The molecule has 0 saturated heterocycles. The highest BCUT2D eigenvalue weighted by Crippen LogP contribution is 2.30. The van der Waals surface area contributed by atoms with E-state index in [-0.39, 0.29) is 5.92 Å². The zero-order chi connectivity index (χ0) is 7.78. The summed E-state index contributed by atoms with van der Waals surface area (Å²) >= 11 is 0. The van der Waals surface area contributed by atoms with Crippen molar-refractivity contribution < 1.29 is 9.50 Å². The Bertz CT molecular complexity index is 191. The van der Waals surface area contributed by atoms with E-state index in [9.17, 15) is 9.50 Å². The van der Waals surface area contributed by atoms with Crippen LogP contribution in [0, 0.1) is 5.92 Å². The molecule has 0 spiro atoms. The maximum atomic E-state index is 12.8. The molecule has 1 nitrogen and oxygen atoms in total. The molecule has 0 aromatic carbocycles. The molecule has 1 aliphatic rings. The summed E-state index contributed by atoms with van der Waals surface area (Å²) in [6.07, 6.45) is 4.70. The lowest BCUT2D eigenvalue weighted by Crippen LogP contribution is -2.33. The van der Waals surface area contributed by atoms with E-state index in [4.69, 9.17) is 0 Å². The van der Waals surface area contributed by atoms with Gasteiger partial charge in [0.1, 0.15) is 11.4 Å². The lowest BCUT2D eigenvalue weighted by Gasteiger charge is -2.28. The molecule has 0 bridgehead atoms. The van der Waals surface area contributed by atoms with Crippen LogP contribution in [0.2, 0.25) is 0 Å². The summed E-state index contributed by atoms with van der Waals surface area (Å²) in [5, 5.41) is 9.42.